The first kappa shape index (κ1) is 17.9. The minimum absolute atomic E-state index is 0.0620. The van der Waals surface area contributed by atoms with Gasteiger partial charge in [0.2, 0.25) is 0 Å². The largest absolute Gasteiger partial charge is 0.412 e. The van der Waals surface area contributed by atoms with Crippen LogP contribution in [0, 0.1) is 0 Å². The molecule has 136 valence electrons. The van der Waals surface area contributed by atoms with Gasteiger partial charge in [0.05, 0.1) is 16.8 Å². The fourth-order valence-electron chi connectivity index (χ4n) is 2.34. The molecule has 0 radical (unpaired) electrons. The Labute approximate surface area is 150 Å². The number of aromatic nitrogens is 3. The van der Waals surface area contributed by atoms with Crippen molar-refractivity contribution in [2.75, 3.05) is 6.26 Å². The van der Waals surface area contributed by atoms with Gasteiger partial charge in [-0.3, -0.25) is 0 Å². The van der Waals surface area contributed by atoms with Gasteiger partial charge in [-0.1, -0.05) is 12.1 Å². The Morgan fingerprint density at radius 2 is 2.08 bits per heavy atom. The molecule has 0 saturated carbocycles. The summed E-state index contributed by atoms with van der Waals surface area (Å²) in [4.78, 5) is 23.6. The molecular weight excluding hydrogens is 356 g/mol. The SMILES string of the molecule is CC(C)NC(=O)Oc1c[nH]c2ncc(-c3cccc(S(C)(=O)=O)c3)nc12. The van der Waals surface area contributed by atoms with Gasteiger partial charge in [0.1, 0.15) is 0 Å². The topological polar surface area (TPSA) is 114 Å². The number of amides is 1. The first-order chi connectivity index (χ1) is 12.2. The molecule has 2 heterocycles. The number of ether oxygens (including phenoxy) is 1. The molecule has 0 aliphatic heterocycles. The van der Waals surface area contributed by atoms with Crippen molar-refractivity contribution in [3.05, 3.63) is 36.7 Å². The van der Waals surface area contributed by atoms with E-state index in [1.54, 1.807) is 12.1 Å². The Hall–Kier alpha value is -2.94. The van der Waals surface area contributed by atoms with Crippen molar-refractivity contribution in [2.24, 2.45) is 0 Å². The number of carbonyl (C=O) groups is 1. The summed E-state index contributed by atoms with van der Waals surface area (Å²) >= 11 is 0. The smallest absolute Gasteiger partial charge is 0.406 e. The zero-order chi connectivity index (χ0) is 18.9. The molecule has 1 aromatic carbocycles. The van der Waals surface area contributed by atoms with E-state index in [4.69, 9.17) is 4.74 Å². The highest BCUT2D eigenvalue weighted by Crippen LogP contribution is 2.26. The predicted octanol–water partition coefficient (Wildman–Crippen LogP) is 2.53. The van der Waals surface area contributed by atoms with Crippen molar-refractivity contribution in [3.8, 4) is 17.0 Å². The highest BCUT2D eigenvalue weighted by Gasteiger charge is 2.15. The minimum atomic E-state index is -3.33. The number of nitrogens with one attached hydrogen (secondary N) is 2. The van der Waals surface area contributed by atoms with Gasteiger partial charge in [-0.15, -0.1) is 0 Å². The number of sulfone groups is 1. The summed E-state index contributed by atoms with van der Waals surface area (Å²) in [5.41, 5.74) is 1.91. The summed E-state index contributed by atoms with van der Waals surface area (Å²) in [5.74, 6) is 0.242. The van der Waals surface area contributed by atoms with E-state index in [-0.39, 0.29) is 16.7 Å². The van der Waals surface area contributed by atoms with Gasteiger partial charge < -0.3 is 15.0 Å². The van der Waals surface area contributed by atoms with Gasteiger partial charge in [0, 0.05) is 24.1 Å². The predicted molar refractivity (Wildman–Crippen MR) is 96.7 cm³/mol. The molecule has 0 atom stereocenters. The van der Waals surface area contributed by atoms with Crippen molar-refractivity contribution in [1.29, 1.82) is 0 Å². The molecule has 0 bridgehead atoms. The Bertz CT molecular complexity index is 1070. The van der Waals surface area contributed by atoms with Crippen molar-refractivity contribution < 1.29 is 17.9 Å². The number of aromatic amines is 1. The van der Waals surface area contributed by atoms with Crippen molar-refractivity contribution in [1.82, 2.24) is 20.3 Å². The van der Waals surface area contributed by atoms with Crippen LogP contribution in [-0.2, 0) is 9.84 Å². The van der Waals surface area contributed by atoms with Crippen LogP contribution < -0.4 is 10.1 Å². The molecule has 0 unspecified atom stereocenters. The number of fused-ring (bicyclic) bond motifs is 1. The zero-order valence-electron chi connectivity index (χ0n) is 14.5. The van der Waals surface area contributed by atoms with Gasteiger partial charge in [0.25, 0.3) is 0 Å². The van der Waals surface area contributed by atoms with Crippen LogP contribution in [0.3, 0.4) is 0 Å². The summed E-state index contributed by atoms with van der Waals surface area (Å²) in [6.07, 6.45) is 3.58. The number of hydrogen-bond donors (Lipinski definition) is 2. The highest BCUT2D eigenvalue weighted by molar-refractivity contribution is 7.90. The van der Waals surface area contributed by atoms with E-state index in [0.29, 0.717) is 22.4 Å². The van der Waals surface area contributed by atoms with Crippen molar-refractivity contribution >= 4 is 27.1 Å². The monoisotopic (exact) mass is 374 g/mol. The van der Waals surface area contributed by atoms with E-state index in [2.05, 4.69) is 20.3 Å². The van der Waals surface area contributed by atoms with Crippen LogP contribution in [0.5, 0.6) is 5.75 Å². The lowest BCUT2D eigenvalue weighted by atomic mass is 10.1. The second-order valence-corrected chi connectivity index (χ2v) is 8.11. The molecule has 0 aliphatic carbocycles. The van der Waals surface area contributed by atoms with E-state index >= 15 is 0 Å². The average molecular weight is 374 g/mol. The number of hydrogen-bond acceptors (Lipinski definition) is 6. The minimum Gasteiger partial charge on any atom is -0.406 e. The molecule has 1 amide bonds. The Morgan fingerprint density at radius 1 is 1.31 bits per heavy atom. The first-order valence-electron chi connectivity index (χ1n) is 7.87. The fourth-order valence-corrected chi connectivity index (χ4v) is 3.00. The molecular formula is C17H18N4O4S. The molecule has 3 aromatic rings. The second kappa shape index (κ2) is 6.75. The maximum atomic E-state index is 11.8. The maximum absolute atomic E-state index is 11.8. The second-order valence-electron chi connectivity index (χ2n) is 6.09. The standard InChI is InChI=1S/C17H18N4O4S/c1-10(2)20-17(22)25-14-9-19-16-15(14)21-13(8-18-16)11-5-4-6-12(7-11)26(3,23)24/h4-10H,1-3H3,(H,18,19)(H,20,22). The van der Waals surface area contributed by atoms with Crippen LogP contribution in [0.2, 0.25) is 0 Å². The molecule has 26 heavy (non-hydrogen) atoms. The summed E-state index contributed by atoms with van der Waals surface area (Å²) in [6, 6.07) is 6.37. The number of benzene rings is 1. The first-order valence-corrected chi connectivity index (χ1v) is 9.76. The van der Waals surface area contributed by atoms with Crippen LogP contribution in [0.1, 0.15) is 13.8 Å². The van der Waals surface area contributed by atoms with Crippen LogP contribution in [0.15, 0.2) is 41.6 Å². The average Bonchev–Trinajstić information content (AvgIpc) is 2.95. The van der Waals surface area contributed by atoms with Crippen molar-refractivity contribution in [2.45, 2.75) is 24.8 Å². The number of H-pyrrole nitrogens is 1. The van der Waals surface area contributed by atoms with Gasteiger partial charge in [-0.25, -0.2) is 23.2 Å². The number of nitrogens with zero attached hydrogens (tertiary/aromatic N) is 2. The number of rotatable bonds is 4. The zero-order valence-corrected chi connectivity index (χ0v) is 15.3. The highest BCUT2D eigenvalue weighted by atomic mass is 32.2. The normalized spacial score (nSPS) is 11.7. The van der Waals surface area contributed by atoms with E-state index in [1.165, 1.54) is 24.5 Å². The summed E-state index contributed by atoms with van der Waals surface area (Å²) in [5, 5.41) is 2.63. The lowest BCUT2D eigenvalue weighted by molar-refractivity contribution is 0.198. The van der Waals surface area contributed by atoms with Crippen LogP contribution in [0.4, 0.5) is 4.79 Å². The summed E-state index contributed by atoms with van der Waals surface area (Å²) < 4.78 is 28.8. The van der Waals surface area contributed by atoms with Crippen LogP contribution >= 0.6 is 0 Å². The molecule has 0 aliphatic rings. The number of carbonyl (C=O) groups excluding carboxylic acids is 1. The van der Waals surface area contributed by atoms with Gasteiger partial charge in [0.15, 0.2) is 26.8 Å². The van der Waals surface area contributed by atoms with Crippen LogP contribution in [-0.4, -0.2) is 41.8 Å². The quantitative estimate of drug-likeness (QED) is 0.725. The molecule has 3 rings (SSSR count). The lowest BCUT2D eigenvalue weighted by Gasteiger charge is -2.08. The Balaban J connectivity index is 1.99. The van der Waals surface area contributed by atoms with Gasteiger partial charge >= 0.3 is 6.09 Å². The molecule has 2 aromatic heterocycles. The molecule has 0 saturated heterocycles. The van der Waals surface area contributed by atoms with E-state index in [9.17, 15) is 13.2 Å². The van der Waals surface area contributed by atoms with Crippen molar-refractivity contribution in [3.63, 3.8) is 0 Å². The van der Waals surface area contributed by atoms with Gasteiger partial charge in [-0.05, 0) is 26.0 Å². The third-order valence-electron chi connectivity index (χ3n) is 3.51. The molecule has 2 N–H and O–H groups in total. The molecule has 0 fully saturated rings. The van der Waals surface area contributed by atoms with E-state index in [0.717, 1.165) is 6.26 Å². The summed E-state index contributed by atoms with van der Waals surface area (Å²) in [7, 11) is -3.33. The Kier molecular flexibility index (Phi) is 4.64. The van der Waals surface area contributed by atoms with Crippen LogP contribution in [0.25, 0.3) is 22.4 Å². The maximum Gasteiger partial charge on any atom is 0.412 e. The lowest BCUT2D eigenvalue weighted by Crippen LogP contribution is -2.32. The molecule has 8 nitrogen and oxygen atoms in total. The molecule has 0 spiro atoms. The fraction of sp³-hybridized carbons (Fsp3) is 0.235. The molecule has 9 heteroatoms. The van der Waals surface area contributed by atoms with Gasteiger partial charge in [-0.2, -0.15) is 0 Å². The Morgan fingerprint density at radius 3 is 2.77 bits per heavy atom. The van der Waals surface area contributed by atoms with E-state index < -0.39 is 15.9 Å². The summed E-state index contributed by atoms with van der Waals surface area (Å²) in [6.45, 7) is 3.65. The third-order valence-corrected chi connectivity index (χ3v) is 4.62. The third kappa shape index (κ3) is 3.83. The van der Waals surface area contributed by atoms with E-state index in [1.807, 2.05) is 13.8 Å².